The molecule has 296 valence electrons. The third kappa shape index (κ3) is 8.10. The minimum Gasteiger partial charge on any atom is -0.496 e. The maximum atomic E-state index is 13.5. The van der Waals surface area contributed by atoms with Gasteiger partial charge in [-0.05, 0) is 79.1 Å². The van der Waals surface area contributed by atoms with E-state index in [1.807, 2.05) is 18.2 Å². The summed E-state index contributed by atoms with van der Waals surface area (Å²) in [5.74, 6) is 1.12. The molecule has 2 aliphatic rings. The van der Waals surface area contributed by atoms with Crippen molar-refractivity contribution in [3.8, 4) is 34.1 Å². The van der Waals surface area contributed by atoms with Gasteiger partial charge in [-0.15, -0.1) is 0 Å². The van der Waals surface area contributed by atoms with Gasteiger partial charge in [0.1, 0.15) is 17.2 Å². The van der Waals surface area contributed by atoms with E-state index in [2.05, 4.69) is 9.97 Å². The highest BCUT2D eigenvalue weighted by Gasteiger charge is 2.29. The number of methoxy groups -OCH3 is 3. The molecule has 2 fully saturated rings. The number of nitrogens with zero attached hydrogens (tertiary/aromatic N) is 5. The molecule has 5 aromatic rings. The first-order valence-corrected chi connectivity index (χ1v) is 18.7. The van der Waals surface area contributed by atoms with Crippen molar-refractivity contribution in [2.24, 2.45) is 7.05 Å². The fourth-order valence-electron chi connectivity index (χ4n) is 7.54. The normalized spacial score (nSPS) is 15.3. The van der Waals surface area contributed by atoms with Gasteiger partial charge >= 0.3 is 5.69 Å². The van der Waals surface area contributed by atoms with E-state index in [1.54, 1.807) is 73.9 Å². The number of hydrogen-bond acceptors (Lipinski definition) is 10. The first kappa shape index (κ1) is 38.8. The number of H-pyrrole nitrogens is 1. The maximum absolute atomic E-state index is 13.5. The lowest BCUT2D eigenvalue weighted by atomic mass is 9.99. The highest BCUT2D eigenvalue weighted by molar-refractivity contribution is 5.97. The van der Waals surface area contributed by atoms with Crippen LogP contribution in [0.25, 0.3) is 33.7 Å². The van der Waals surface area contributed by atoms with Crippen molar-refractivity contribution >= 4 is 28.7 Å². The summed E-state index contributed by atoms with van der Waals surface area (Å²) >= 11 is 0. The third-order valence-electron chi connectivity index (χ3n) is 10.6. The van der Waals surface area contributed by atoms with E-state index in [4.69, 9.17) is 18.9 Å². The zero-order chi connectivity index (χ0) is 40.2. The average molecular weight is 777 g/mol. The molecular weight excluding hydrogens is 732 g/mol. The minimum absolute atomic E-state index is 0.00197. The van der Waals surface area contributed by atoms with Gasteiger partial charge in [-0.25, -0.2) is 4.79 Å². The minimum atomic E-state index is -0.633. The third-order valence-corrected chi connectivity index (χ3v) is 10.6. The number of aryl methyl sites for hydroxylation is 1. The largest absolute Gasteiger partial charge is 0.496 e. The number of fused-ring (bicyclic) bond motifs is 1. The molecule has 2 saturated heterocycles. The van der Waals surface area contributed by atoms with Gasteiger partial charge in [0, 0.05) is 81.3 Å². The molecule has 7 rings (SSSR count). The van der Waals surface area contributed by atoms with Gasteiger partial charge in [0.25, 0.3) is 17.0 Å². The lowest BCUT2D eigenvalue weighted by Crippen LogP contribution is -2.44. The Kier molecular flexibility index (Phi) is 11.4. The topological polar surface area (TPSA) is 167 Å². The van der Waals surface area contributed by atoms with Crippen LogP contribution in [-0.2, 0) is 16.6 Å². The van der Waals surface area contributed by atoms with E-state index in [-0.39, 0.29) is 29.6 Å². The van der Waals surface area contributed by atoms with E-state index in [0.29, 0.717) is 91.3 Å². The lowest BCUT2D eigenvalue weighted by molar-refractivity contribution is -0.129. The molecule has 2 aliphatic heterocycles. The van der Waals surface area contributed by atoms with Gasteiger partial charge < -0.3 is 33.3 Å². The number of ether oxygens (including phenoxy) is 4. The van der Waals surface area contributed by atoms with Gasteiger partial charge in [0.05, 0.1) is 50.2 Å². The Labute approximate surface area is 327 Å². The molecule has 2 aromatic carbocycles. The van der Waals surface area contributed by atoms with Gasteiger partial charge in [0.15, 0.2) is 0 Å². The van der Waals surface area contributed by atoms with Crippen LogP contribution in [0.4, 0.5) is 0 Å². The summed E-state index contributed by atoms with van der Waals surface area (Å²) < 4.78 is 26.2. The number of piperidine rings is 2. The fraction of sp³-hybridized carbons (Fsp3) is 0.333. The standard InChI is InChI=1S/C42H44N6O9/c1-45-25-33(30-9-15-43-24-32(30)41(45)52)27-22-36(55-3)31(37(23-27)56-4)6-8-39(50)46-16-10-28(11-17-46)57-29-12-18-47(19-13-29)40(51)26-5-7-35(54-2)34(21-26)48-20-14-38(49)44-42(48)53/h5-9,14-15,20-25,28-29H,10-13,16-19H2,1-4H3,(H,44,49,53). The molecule has 0 unspecified atom stereocenters. The Morgan fingerprint density at radius 1 is 0.807 bits per heavy atom. The molecule has 15 nitrogen and oxygen atoms in total. The van der Waals surface area contributed by atoms with Gasteiger partial charge in [-0.2, -0.15) is 0 Å². The van der Waals surface area contributed by atoms with Crippen molar-refractivity contribution in [2.45, 2.75) is 37.9 Å². The number of nitrogens with one attached hydrogen (secondary N) is 1. The number of likely N-dealkylation sites (tertiary alicyclic amines) is 2. The fourth-order valence-corrected chi connectivity index (χ4v) is 7.54. The number of pyridine rings is 2. The molecule has 0 radical (unpaired) electrons. The van der Waals surface area contributed by atoms with Gasteiger partial charge in [-0.3, -0.25) is 33.7 Å². The number of carbonyl (C=O) groups is 2. The SMILES string of the molecule is COc1ccc(C(=O)N2CCC(OC3CCN(C(=O)C=Cc4c(OC)cc(-c5cn(C)c(=O)c6cnccc56)cc4OC)CC3)CC2)cc1-n1ccc(=O)[nH]c1=O. The molecule has 1 N–H and O–H groups in total. The van der Waals surface area contributed by atoms with Crippen LogP contribution in [0.1, 0.15) is 41.6 Å². The van der Waals surface area contributed by atoms with E-state index in [9.17, 15) is 24.0 Å². The molecule has 2 amide bonds. The van der Waals surface area contributed by atoms with Crippen LogP contribution in [-0.4, -0.2) is 100 Å². The van der Waals surface area contributed by atoms with Crippen LogP contribution >= 0.6 is 0 Å². The number of hydrogen-bond donors (Lipinski definition) is 1. The zero-order valence-electron chi connectivity index (χ0n) is 32.2. The molecule has 57 heavy (non-hydrogen) atoms. The summed E-state index contributed by atoms with van der Waals surface area (Å²) in [6.45, 7) is 2.12. The summed E-state index contributed by atoms with van der Waals surface area (Å²) in [5.41, 5.74) is 1.67. The molecule has 0 spiro atoms. The Morgan fingerprint density at radius 3 is 2.09 bits per heavy atom. The molecule has 3 aromatic heterocycles. The average Bonchev–Trinajstić information content (AvgIpc) is 3.24. The molecule has 5 heterocycles. The summed E-state index contributed by atoms with van der Waals surface area (Å²) in [6.07, 6.45) is 12.3. The van der Waals surface area contributed by atoms with E-state index < -0.39 is 11.2 Å². The number of carbonyl (C=O) groups excluding carboxylic acids is 2. The Morgan fingerprint density at radius 2 is 1.46 bits per heavy atom. The smallest absolute Gasteiger partial charge is 0.333 e. The van der Waals surface area contributed by atoms with Gasteiger partial charge in [-0.1, -0.05) is 0 Å². The Bertz CT molecular complexity index is 2500. The number of amides is 2. The van der Waals surface area contributed by atoms with E-state index in [1.165, 1.54) is 34.6 Å². The van der Waals surface area contributed by atoms with Crippen LogP contribution in [0.15, 0.2) is 87.7 Å². The molecule has 15 heteroatoms. The maximum Gasteiger partial charge on any atom is 0.333 e. The first-order chi connectivity index (χ1) is 27.6. The van der Waals surface area contributed by atoms with Crippen LogP contribution in [0.3, 0.4) is 0 Å². The molecule has 0 aliphatic carbocycles. The monoisotopic (exact) mass is 776 g/mol. The van der Waals surface area contributed by atoms with Crippen molar-refractivity contribution < 1.29 is 28.5 Å². The summed E-state index contributed by atoms with van der Waals surface area (Å²) in [7, 11) is 6.29. The summed E-state index contributed by atoms with van der Waals surface area (Å²) in [5, 5.41) is 1.26. The number of rotatable bonds is 10. The Hall–Kier alpha value is -6.48. The van der Waals surface area contributed by atoms with Crippen molar-refractivity contribution in [1.82, 2.24) is 28.9 Å². The van der Waals surface area contributed by atoms with Crippen molar-refractivity contribution in [3.63, 3.8) is 0 Å². The lowest BCUT2D eigenvalue weighted by Gasteiger charge is -2.37. The van der Waals surface area contributed by atoms with Crippen LogP contribution < -0.4 is 31.0 Å². The zero-order valence-corrected chi connectivity index (χ0v) is 32.2. The predicted octanol–water partition coefficient (Wildman–Crippen LogP) is 3.79. The molecule has 0 bridgehead atoms. The molecular formula is C42H44N6O9. The second-order valence-electron chi connectivity index (χ2n) is 14.0. The summed E-state index contributed by atoms with van der Waals surface area (Å²) in [4.78, 5) is 73.6. The van der Waals surface area contributed by atoms with Gasteiger partial charge in [0.2, 0.25) is 5.91 Å². The molecule has 0 saturated carbocycles. The van der Waals surface area contributed by atoms with Crippen LogP contribution in [0.2, 0.25) is 0 Å². The van der Waals surface area contributed by atoms with Crippen molar-refractivity contribution in [1.29, 1.82) is 0 Å². The summed E-state index contributed by atoms with van der Waals surface area (Å²) in [6, 6.07) is 11.7. The van der Waals surface area contributed by atoms with E-state index >= 15 is 0 Å². The van der Waals surface area contributed by atoms with Crippen LogP contribution in [0, 0.1) is 0 Å². The predicted molar refractivity (Wildman–Crippen MR) is 213 cm³/mol. The van der Waals surface area contributed by atoms with Crippen LogP contribution in [0.5, 0.6) is 17.2 Å². The van der Waals surface area contributed by atoms with E-state index in [0.717, 1.165) is 16.5 Å². The number of benzene rings is 2. The highest BCUT2D eigenvalue weighted by Crippen LogP contribution is 2.38. The number of aromatic nitrogens is 4. The second kappa shape index (κ2) is 16.7. The van der Waals surface area contributed by atoms with Crippen molar-refractivity contribution in [2.75, 3.05) is 47.5 Å². The number of aromatic amines is 1. The Balaban J connectivity index is 0.940. The quantitative estimate of drug-likeness (QED) is 0.206. The first-order valence-electron chi connectivity index (χ1n) is 18.7. The highest BCUT2D eigenvalue weighted by atomic mass is 16.5. The molecule has 0 atom stereocenters. The van der Waals surface area contributed by atoms with Crippen molar-refractivity contribution in [3.05, 3.63) is 116 Å². The second-order valence-corrected chi connectivity index (χ2v) is 14.0.